The lowest BCUT2D eigenvalue weighted by atomic mass is 9.92. The Bertz CT molecular complexity index is 1420. The molecule has 0 aliphatic carbocycles. The summed E-state index contributed by atoms with van der Waals surface area (Å²) >= 11 is 1.53. The van der Waals surface area contributed by atoms with Crippen molar-refractivity contribution >= 4 is 34.6 Å². The fourth-order valence-electron chi connectivity index (χ4n) is 4.23. The summed E-state index contributed by atoms with van der Waals surface area (Å²) in [5.41, 5.74) is 4.95. The zero-order chi connectivity index (χ0) is 24.2. The van der Waals surface area contributed by atoms with E-state index in [-0.39, 0.29) is 17.2 Å². The highest BCUT2D eigenvalue weighted by Gasteiger charge is 2.29. The monoisotopic (exact) mass is 476 g/mol. The van der Waals surface area contributed by atoms with Gasteiger partial charge in [0.15, 0.2) is 0 Å². The Morgan fingerprint density at radius 1 is 1.21 bits per heavy atom. The molecule has 0 saturated carbocycles. The number of thiophene rings is 1. The molecule has 4 aromatic heterocycles. The van der Waals surface area contributed by atoms with Crippen molar-refractivity contribution in [2.45, 2.75) is 46.1 Å². The van der Waals surface area contributed by atoms with Crippen molar-refractivity contribution in [1.29, 1.82) is 0 Å². The molecule has 5 heterocycles. The molecule has 0 fully saturated rings. The van der Waals surface area contributed by atoms with Gasteiger partial charge in [0.25, 0.3) is 11.8 Å². The van der Waals surface area contributed by atoms with Gasteiger partial charge in [-0.15, -0.1) is 11.3 Å². The second-order valence-corrected chi connectivity index (χ2v) is 10.8. The molecule has 34 heavy (non-hydrogen) atoms. The summed E-state index contributed by atoms with van der Waals surface area (Å²) in [7, 11) is 1.83. The number of nitrogens with one attached hydrogen (secondary N) is 1. The van der Waals surface area contributed by atoms with Crippen molar-refractivity contribution in [3.63, 3.8) is 0 Å². The van der Waals surface area contributed by atoms with Crippen molar-refractivity contribution in [1.82, 2.24) is 24.1 Å². The van der Waals surface area contributed by atoms with E-state index in [9.17, 15) is 9.59 Å². The quantitative estimate of drug-likeness (QED) is 0.481. The molecular weight excluding hydrogens is 448 g/mol. The number of carbonyl (C=O) groups is 2. The van der Waals surface area contributed by atoms with Gasteiger partial charge in [-0.05, 0) is 36.6 Å². The van der Waals surface area contributed by atoms with E-state index in [0.29, 0.717) is 36.6 Å². The Labute approximate surface area is 202 Å². The van der Waals surface area contributed by atoms with Gasteiger partial charge in [-0.25, -0.2) is 4.98 Å². The van der Waals surface area contributed by atoms with E-state index in [0.717, 1.165) is 27.3 Å². The van der Waals surface area contributed by atoms with Crippen molar-refractivity contribution < 1.29 is 9.59 Å². The summed E-state index contributed by atoms with van der Waals surface area (Å²) in [6.45, 7) is 9.34. The molecule has 4 aromatic rings. The molecule has 0 radical (unpaired) electrons. The van der Waals surface area contributed by atoms with Crippen LogP contribution in [0.3, 0.4) is 0 Å². The second-order valence-electron chi connectivity index (χ2n) is 9.85. The lowest BCUT2D eigenvalue weighted by Gasteiger charge is -2.27. The molecule has 0 aromatic carbocycles. The number of imidazole rings is 1. The van der Waals surface area contributed by atoms with E-state index in [1.807, 2.05) is 53.0 Å². The van der Waals surface area contributed by atoms with Gasteiger partial charge in [0.1, 0.15) is 17.2 Å². The molecule has 0 saturated heterocycles. The molecule has 176 valence electrons. The first-order valence-corrected chi connectivity index (χ1v) is 12.2. The average Bonchev–Trinajstić information content (AvgIpc) is 3.49. The molecule has 5 rings (SSSR count). The number of anilines is 1. The van der Waals surface area contributed by atoms with E-state index in [1.54, 1.807) is 10.9 Å². The minimum atomic E-state index is -0.141. The zero-order valence-corrected chi connectivity index (χ0v) is 20.9. The first kappa shape index (κ1) is 22.3. The van der Waals surface area contributed by atoms with Crippen LogP contribution in [0.2, 0.25) is 0 Å². The number of hydrogen-bond donors (Lipinski definition) is 1. The molecule has 0 spiro atoms. The van der Waals surface area contributed by atoms with Crippen LogP contribution in [0.5, 0.6) is 0 Å². The molecule has 1 aliphatic heterocycles. The Morgan fingerprint density at radius 2 is 2.00 bits per heavy atom. The number of rotatable bonds is 3. The van der Waals surface area contributed by atoms with Gasteiger partial charge < -0.3 is 10.2 Å². The predicted molar refractivity (Wildman–Crippen MR) is 133 cm³/mol. The van der Waals surface area contributed by atoms with Crippen molar-refractivity contribution in [2.75, 3.05) is 11.9 Å². The molecular formula is C25H28N6O2S. The van der Waals surface area contributed by atoms with Gasteiger partial charge in [-0.1, -0.05) is 20.8 Å². The zero-order valence-electron chi connectivity index (χ0n) is 20.0. The maximum Gasteiger partial charge on any atom is 0.272 e. The smallest absolute Gasteiger partial charge is 0.272 e. The lowest BCUT2D eigenvalue weighted by Crippen LogP contribution is -2.36. The van der Waals surface area contributed by atoms with Crippen LogP contribution < -0.4 is 5.32 Å². The number of aromatic nitrogens is 4. The van der Waals surface area contributed by atoms with Crippen molar-refractivity contribution in [3.8, 4) is 0 Å². The van der Waals surface area contributed by atoms with E-state index >= 15 is 0 Å². The van der Waals surface area contributed by atoms with Crippen molar-refractivity contribution in [2.24, 2.45) is 7.05 Å². The first-order valence-electron chi connectivity index (χ1n) is 11.3. The van der Waals surface area contributed by atoms with Gasteiger partial charge >= 0.3 is 0 Å². The molecule has 1 N–H and O–H groups in total. The Kier molecular flexibility index (Phi) is 5.31. The maximum atomic E-state index is 13.3. The highest BCUT2D eigenvalue weighted by atomic mass is 32.1. The number of carbonyl (C=O) groups excluding carboxylic acids is 2. The summed E-state index contributed by atoms with van der Waals surface area (Å²) in [6, 6.07) is 5.85. The van der Waals surface area contributed by atoms with Crippen LogP contribution in [0.1, 0.15) is 63.3 Å². The average molecular weight is 477 g/mol. The SMILES string of the molecule is Cc1ccn2c(C(=O)N3CCc4c(C(=O)Nc5cc(C(C)(C)C)nn5C)csc4C3)cnc2c1. The highest BCUT2D eigenvalue weighted by Crippen LogP contribution is 2.31. The van der Waals surface area contributed by atoms with Crippen LogP contribution in [-0.4, -0.2) is 42.4 Å². The van der Waals surface area contributed by atoms with Gasteiger partial charge in [-0.3, -0.25) is 18.7 Å². The number of fused-ring (bicyclic) bond motifs is 2. The lowest BCUT2D eigenvalue weighted by molar-refractivity contribution is 0.0730. The Hall–Kier alpha value is -3.46. The van der Waals surface area contributed by atoms with Crippen LogP contribution in [-0.2, 0) is 25.4 Å². The maximum absolute atomic E-state index is 13.3. The summed E-state index contributed by atoms with van der Waals surface area (Å²) < 4.78 is 3.53. The van der Waals surface area contributed by atoms with E-state index < -0.39 is 0 Å². The molecule has 9 heteroatoms. The molecule has 0 bridgehead atoms. The second kappa shape index (κ2) is 8.09. The van der Waals surface area contributed by atoms with Gasteiger partial charge in [0.05, 0.1) is 24.0 Å². The van der Waals surface area contributed by atoms with Gasteiger partial charge in [-0.2, -0.15) is 5.10 Å². The molecule has 0 unspecified atom stereocenters. The minimum Gasteiger partial charge on any atom is -0.332 e. The number of hydrogen-bond acceptors (Lipinski definition) is 5. The van der Waals surface area contributed by atoms with Crippen LogP contribution in [0.25, 0.3) is 5.65 Å². The standard InChI is InChI=1S/C25H28N6O2S/c1-15-6-9-31-18(12-26-21(31)10-15)24(33)30-8-7-16-17(14-34-19(16)13-30)23(32)27-22-11-20(25(2,3)4)28-29(22)5/h6,9-12,14H,7-8,13H2,1-5H3,(H,27,32). The number of nitrogens with zero attached hydrogens (tertiary/aromatic N) is 5. The molecule has 1 aliphatic rings. The normalized spacial score (nSPS) is 13.9. The van der Waals surface area contributed by atoms with Gasteiger partial charge in [0, 0.05) is 41.5 Å². The topological polar surface area (TPSA) is 84.5 Å². The molecule has 8 nitrogen and oxygen atoms in total. The highest BCUT2D eigenvalue weighted by molar-refractivity contribution is 7.10. The van der Waals surface area contributed by atoms with Crippen LogP contribution in [0.15, 0.2) is 36.0 Å². The third kappa shape index (κ3) is 3.90. The van der Waals surface area contributed by atoms with Crippen LogP contribution >= 0.6 is 11.3 Å². The third-order valence-electron chi connectivity index (χ3n) is 6.26. The Morgan fingerprint density at radius 3 is 2.74 bits per heavy atom. The summed E-state index contributed by atoms with van der Waals surface area (Å²) in [4.78, 5) is 33.6. The predicted octanol–water partition coefficient (Wildman–Crippen LogP) is 4.19. The van der Waals surface area contributed by atoms with Crippen LogP contribution in [0.4, 0.5) is 5.82 Å². The summed E-state index contributed by atoms with van der Waals surface area (Å²) in [5, 5.41) is 9.44. The summed E-state index contributed by atoms with van der Waals surface area (Å²) in [6.07, 6.45) is 4.17. The fourth-order valence-corrected chi connectivity index (χ4v) is 5.32. The minimum absolute atomic E-state index is 0.0500. The van der Waals surface area contributed by atoms with E-state index in [4.69, 9.17) is 0 Å². The Balaban J connectivity index is 1.33. The third-order valence-corrected chi connectivity index (χ3v) is 7.27. The van der Waals surface area contributed by atoms with Crippen molar-refractivity contribution in [3.05, 3.63) is 68.9 Å². The van der Waals surface area contributed by atoms with E-state index in [1.165, 1.54) is 11.3 Å². The number of amides is 2. The fraction of sp³-hybridized carbons (Fsp3) is 0.360. The largest absolute Gasteiger partial charge is 0.332 e. The molecule has 0 atom stereocenters. The summed E-state index contributed by atoms with van der Waals surface area (Å²) in [5.74, 6) is 0.481. The van der Waals surface area contributed by atoms with Crippen LogP contribution in [0, 0.1) is 6.92 Å². The number of pyridine rings is 1. The molecule has 2 amide bonds. The van der Waals surface area contributed by atoms with Gasteiger partial charge in [0.2, 0.25) is 0 Å². The number of aryl methyl sites for hydroxylation is 2. The first-order chi connectivity index (χ1) is 16.1. The van der Waals surface area contributed by atoms with E-state index in [2.05, 4.69) is 36.2 Å².